The predicted molar refractivity (Wildman–Crippen MR) is 83.1 cm³/mol. The molecule has 3 N–H and O–H groups in total. The highest BCUT2D eigenvalue weighted by Gasteiger charge is 2.40. The lowest BCUT2D eigenvalue weighted by molar-refractivity contribution is -0.141. The average Bonchev–Trinajstić information content (AvgIpc) is 2.88. The fourth-order valence-electron chi connectivity index (χ4n) is 3.05. The molecule has 1 saturated heterocycles. The van der Waals surface area contributed by atoms with E-state index >= 15 is 0 Å². The van der Waals surface area contributed by atoms with Gasteiger partial charge in [-0.15, -0.1) is 0 Å². The number of hydrogen-bond acceptors (Lipinski definition) is 3. The van der Waals surface area contributed by atoms with Crippen molar-refractivity contribution < 1.29 is 14.7 Å². The molecule has 0 radical (unpaired) electrons. The molecule has 1 heterocycles. The van der Waals surface area contributed by atoms with Gasteiger partial charge in [0, 0.05) is 12.6 Å². The first kappa shape index (κ1) is 18.0. The molecule has 0 aromatic rings. The molecule has 1 fully saturated rings. The van der Waals surface area contributed by atoms with Crippen LogP contribution in [0.1, 0.15) is 59.3 Å². The first-order chi connectivity index (χ1) is 9.91. The van der Waals surface area contributed by atoms with Gasteiger partial charge in [0.15, 0.2) is 0 Å². The van der Waals surface area contributed by atoms with Gasteiger partial charge in [-0.2, -0.15) is 0 Å². The van der Waals surface area contributed by atoms with Crippen LogP contribution in [0.3, 0.4) is 0 Å². The highest BCUT2D eigenvalue weighted by atomic mass is 16.4. The summed E-state index contributed by atoms with van der Waals surface area (Å²) in [7, 11) is 0. The van der Waals surface area contributed by atoms with Gasteiger partial charge in [0.1, 0.15) is 0 Å². The molecule has 0 aromatic carbocycles. The number of carboxylic acids is 1. The highest BCUT2D eigenvalue weighted by Crippen LogP contribution is 2.31. The summed E-state index contributed by atoms with van der Waals surface area (Å²) < 4.78 is 0. The molecule has 0 bridgehead atoms. The smallest absolute Gasteiger partial charge is 0.306 e. The molecule has 122 valence electrons. The van der Waals surface area contributed by atoms with Crippen LogP contribution in [-0.2, 0) is 9.59 Å². The lowest BCUT2D eigenvalue weighted by atomic mass is 9.81. The topological polar surface area (TPSA) is 78.4 Å². The summed E-state index contributed by atoms with van der Waals surface area (Å²) in [6, 6.07) is 0.104. The van der Waals surface area contributed by atoms with Crippen molar-refractivity contribution in [1.82, 2.24) is 10.6 Å². The van der Waals surface area contributed by atoms with E-state index in [0.717, 1.165) is 45.2 Å². The van der Waals surface area contributed by atoms with E-state index in [4.69, 9.17) is 5.11 Å². The van der Waals surface area contributed by atoms with Crippen molar-refractivity contribution in [2.75, 3.05) is 13.1 Å². The largest absolute Gasteiger partial charge is 0.481 e. The Labute approximate surface area is 127 Å². The van der Waals surface area contributed by atoms with E-state index in [1.54, 1.807) is 6.92 Å². The molecule has 1 rings (SSSR count). The number of carbonyl (C=O) groups is 2. The van der Waals surface area contributed by atoms with Gasteiger partial charge >= 0.3 is 5.97 Å². The molecule has 21 heavy (non-hydrogen) atoms. The van der Waals surface area contributed by atoms with E-state index in [1.165, 1.54) is 0 Å². The van der Waals surface area contributed by atoms with Gasteiger partial charge in [0.05, 0.1) is 11.3 Å². The minimum absolute atomic E-state index is 0.104. The van der Waals surface area contributed by atoms with E-state index in [0.29, 0.717) is 6.42 Å². The second-order valence-corrected chi connectivity index (χ2v) is 6.50. The molecule has 1 aliphatic heterocycles. The minimum atomic E-state index is -0.745. The molecule has 5 nitrogen and oxygen atoms in total. The van der Waals surface area contributed by atoms with Crippen LogP contribution in [0.2, 0.25) is 0 Å². The molecule has 3 unspecified atom stereocenters. The number of hydrogen-bond donors (Lipinski definition) is 3. The molecular formula is C16H30N2O3. The Morgan fingerprint density at radius 1 is 1.33 bits per heavy atom. The van der Waals surface area contributed by atoms with Crippen LogP contribution >= 0.6 is 0 Å². The summed E-state index contributed by atoms with van der Waals surface area (Å²) in [4.78, 5) is 23.3. The van der Waals surface area contributed by atoms with Crippen molar-refractivity contribution in [3.05, 3.63) is 0 Å². The highest BCUT2D eigenvalue weighted by molar-refractivity contribution is 5.83. The third-order valence-electron chi connectivity index (χ3n) is 4.53. The second-order valence-electron chi connectivity index (χ2n) is 6.50. The summed E-state index contributed by atoms with van der Waals surface area (Å²) in [5.74, 6) is -0.892. The quantitative estimate of drug-likeness (QED) is 0.609. The first-order valence-electron chi connectivity index (χ1n) is 8.16. The van der Waals surface area contributed by atoms with Crippen molar-refractivity contribution in [3.8, 4) is 0 Å². The van der Waals surface area contributed by atoms with Crippen LogP contribution in [0.5, 0.6) is 0 Å². The normalized spacial score (nSPS) is 24.5. The van der Waals surface area contributed by atoms with Crippen LogP contribution in [0.25, 0.3) is 0 Å². The van der Waals surface area contributed by atoms with E-state index in [9.17, 15) is 9.59 Å². The number of rotatable bonds is 9. The van der Waals surface area contributed by atoms with E-state index < -0.39 is 5.97 Å². The van der Waals surface area contributed by atoms with Crippen LogP contribution in [0.4, 0.5) is 0 Å². The van der Waals surface area contributed by atoms with Crippen molar-refractivity contribution in [1.29, 1.82) is 0 Å². The first-order valence-corrected chi connectivity index (χ1v) is 8.16. The summed E-state index contributed by atoms with van der Waals surface area (Å²) >= 11 is 0. The number of aliphatic carboxylic acids is 1. The Morgan fingerprint density at radius 3 is 2.57 bits per heavy atom. The van der Waals surface area contributed by atoms with Crippen molar-refractivity contribution in [2.45, 2.75) is 65.3 Å². The van der Waals surface area contributed by atoms with Crippen LogP contribution in [0, 0.1) is 11.3 Å². The van der Waals surface area contributed by atoms with E-state index in [1.807, 2.05) is 6.92 Å². The summed E-state index contributed by atoms with van der Waals surface area (Å²) in [6.45, 7) is 7.54. The summed E-state index contributed by atoms with van der Waals surface area (Å²) in [5, 5.41) is 15.3. The Kier molecular flexibility index (Phi) is 7.15. The van der Waals surface area contributed by atoms with Gasteiger partial charge in [0.2, 0.25) is 5.91 Å². The zero-order chi connectivity index (χ0) is 15.9. The van der Waals surface area contributed by atoms with Crippen molar-refractivity contribution in [2.24, 2.45) is 11.3 Å². The Balaban J connectivity index is 2.37. The maximum absolute atomic E-state index is 12.5. The van der Waals surface area contributed by atoms with Gasteiger partial charge < -0.3 is 15.7 Å². The zero-order valence-electron chi connectivity index (χ0n) is 13.6. The summed E-state index contributed by atoms with van der Waals surface area (Å²) in [5.41, 5.74) is -0.239. The van der Waals surface area contributed by atoms with Crippen LogP contribution < -0.4 is 10.6 Å². The maximum atomic E-state index is 12.5. The van der Waals surface area contributed by atoms with Gasteiger partial charge in [-0.05, 0) is 39.2 Å². The molecule has 0 aliphatic carbocycles. The van der Waals surface area contributed by atoms with E-state index in [2.05, 4.69) is 17.6 Å². The van der Waals surface area contributed by atoms with Crippen molar-refractivity contribution in [3.63, 3.8) is 0 Å². The standard InChI is InChI=1S/C16H30N2O3/c1-4-8-16(9-10-17-11-16)15(21)18-13(3)7-5-6-12(2)14(19)20/h12-13,17H,4-11H2,1-3H3,(H,18,21)(H,19,20). The molecule has 1 aliphatic rings. The molecule has 0 aromatic heterocycles. The van der Waals surface area contributed by atoms with E-state index in [-0.39, 0.29) is 23.3 Å². The summed E-state index contributed by atoms with van der Waals surface area (Å²) in [6.07, 6.45) is 5.17. The number of carbonyl (C=O) groups excluding carboxylic acids is 1. The lowest BCUT2D eigenvalue weighted by Gasteiger charge is -2.28. The Morgan fingerprint density at radius 2 is 2.05 bits per heavy atom. The number of carboxylic acid groups (broad SMARTS) is 1. The molecular weight excluding hydrogens is 268 g/mol. The lowest BCUT2D eigenvalue weighted by Crippen LogP contribution is -2.46. The second kappa shape index (κ2) is 8.37. The maximum Gasteiger partial charge on any atom is 0.306 e. The van der Waals surface area contributed by atoms with Crippen LogP contribution in [0.15, 0.2) is 0 Å². The van der Waals surface area contributed by atoms with Crippen molar-refractivity contribution >= 4 is 11.9 Å². The number of nitrogens with one attached hydrogen (secondary N) is 2. The van der Waals surface area contributed by atoms with Gasteiger partial charge in [0.25, 0.3) is 0 Å². The fourth-order valence-corrected chi connectivity index (χ4v) is 3.05. The number of amides is 1. The Bertz CT molecular complexity index is 351. The zero-order valence-corrected chi connectivity index (χ0v) is 13.6. The third-order valence-corrected chi connectivity index (χ3v) is 4.53. The van der Waals surface area contributed by atoms with Gasteiger partial charge in [-0.3, -0.25) is 9.59 Å². The molecule has 5 heteroatoms. The van der Waals surface area contributed by atoms with Gasteiger partial charge in [-0.1, -0.05) is 26.7 Å². The Hall–Kier alpha value is -1.10. The SMILES string of the molecule is CCCC1(C(=O)NC(C)CCCC(C)C(=O)O)CCNC1. The van der Waals surface area contributed by atoms with Crippen LogP contribution in [-0.4, -0.2) is 36.1 Å². The fraction of sp³-hybridized carbons (Fsp3) is 0.875. The average molecular weight is 298 g/mol. The predicted octanol–water partition coefficient (Wildman–Crippen LogP) is 2.16. The molecule has 3 atom stereocenters. The van der Waals surface area contributed by atoms with Gasteiger partial charge in [-0.25, -0.2) is 0 Å². The molecule has 0 spiro atoms. The minimum Gasteiger partial charge on any atom is -0.481 e. The molecule has 1 amide bonds. The third kappa shape index (κ3) is 5.30. The molecule has 0 saturated carbocycles. The monoisotopic (exact) mass is 298 g/mol.